The number of rotatable bonds is 4. The monoisotopic (exact) mass is 214 g/mol. The third-order valence-corrected chi connectivity index (χ3v) is 2.65. The average molecular weight is 214 g/mol. The van der Waals surface area contributed by atoms with Crippen molar-refractivity contribution < 1.29 is 14.7 Å². The van der Waals surface area contributed by atoms with Crippen molar-refractivity contribution in [1.29, 1.82) is 0 Å². The maximum Gasteiger partial charge on any atom is 0.326 e. The third kappa shape index (κ3) is 3.42. The zero-order chi connectivity index (χ0) is 11.6. The van der Waals surface area contributed by atoms with Gasteiger partial charge in [0.25, 0.3) is 0 Å². The van der Waals surface area contributed by atoms with Crippen LogP contribution in [0.15, 0.2) is 0 Å². The molecular formula is C10H18N2O3. The number of hydrogen-bond acceptors (Lipinski definition) is 2. The molecule has 86 valence electrons. The SMILES string of the molecule is CC1CC1NC(=O)N[C@H](C(=O)O)C(C)C. The van der Waals surface area contributed by atoms with Crippen molar-refractivity contribution in [3.8, 4) is 0 Å². The molecule has 0 aromatic heterocycles. The van der Waals surface area contributed by atoms with Crippen LogP contribution in [-0.2, 0) is 4.79 Å². The number of hydrogen-bond donors (Lipinski definition) is 3. The van der Waals surface area contributed by atoms with Gasteiger partial charge >= 0.3 is 12.0 Å². The summed E-state index contributed by atoms with van der Waals surface area (Å²) in [5.74, 6) is -0.605. The Kier molecular flexibility index (Phi) is 3.55. The van der Waals surface area contributed by atoms with Crippen molar-refractivity contribution in [2.45, 2.75) is 39.3 Å². The molecule has 0 aromatic rings. The summed E-state index contributed by atoms with van der Waals surface area (Å²) < 4.78 is 0. The average Bonchev–Trinajstić information content (AvgIpc) is 2.76. The van der Waals surface area contributed by atoms with Gasteiger partial charge in [-0.1, -0.05) is 20.8 Å². The fourth-order valence-corrected chi connectivity index (χ4v) is 1.39. The van der Waals surface area contributed by atoms with E-state index in [9.17, 15) is 9.59 Å². The normalized spacial score (nSPS) is 25.9. The molecule has 3 atom stereocenters. The number of nitrogens with one attached hydrogen (secondary N) is 2. The summed E-state index contributed by atoms with van der Waals surface area (Å²) in [4.78, 5) is 22.2. The van der Waals surface area contributed by atoms with Crippen LogP contribution in [-0.4, -0.2) is 29.2 Å². The minimum Gasteiger partial charge on any atom is -0.480 e. The van der Waals surface area contributed by atoms with Gasteiger partial charge in [0.1, 0.15) is 6.04 Å². The second-order valence-electron chi connectivity index (χ2n) is 4.50. The summed E-state index contributed by atoms with van der Waals surface area (Å²) in [6.45, 7) is 5.57. The number of carboxylic acids is 1. The van der Waals surface area contributed by atoms with Gasteiger partial charge in [-0.15, -0.1) is 0 Å². The largest absolute Gasteiger partial charge is 0.480 e. The zero-order valence-corrected chi connectivity index (χ0v) is 9.28. The first-order valence-corrected chi connectivity index (χ1v) is 5.21. The van der Waals surface area contributed by atoms with Crippen LogP contribution in [0.1, 0.15) is 27.2 Å². The highest BCUT2D eigenvalue weighted by Crippen LogP contribution is 2.28. The molecule has 1 aliphatic carbocycles. The summed E-state index contributed by atoms with van der Waals surface area (Å²) in [6, 6.07) is -0.990. The van der Waals surface area contributed by atoms with Gasteiger partial charge in [-0.05, 0) is 18.3 Å². The molecule has 5 nitrogen and oxygen atoms in total. The molecule has 5 heteroatoms. The Labute approximate surface area is 89.2 Å². The number of amides is 2. The van der Waals surface area contributed by atoms with Crippen molar-refractivity contribution in [3.05, 3.63) is 0 Å². The van der Waals surface area contributed by atoms with Crippen molar-refractivity contribution in [2.24, 2.45) is 11.8 Å². The van der Waals surface area contributed by atoms with E-state index in [-0.39, 0.29) is 18.0 Å². The standard InChI is InChI=1S/C10H18N2O3/c1-5(2)8(9(13)14)12-10(15)11-7-4-6(7)3/h5-8H,4H2,1-3H3,(H,13,14)(H2,11,12,15)/t6?,7?,8-/m0/s1. The second kappa shape index (κ2) is 4.51. The Balaban J connectivity index is 2.37. The van der Waals surface area contributed by atoms with Crippen LogP contribution in [0.5, 0.6) is 0 Å². The maximum atomic E-state index is 11.4. The molecule has 1 fully saturated rings. The molecule has 0 saturated heterocycles. The molecule has 0 heterocycles. The topological polar surface area (TPSA) is 78.4 Å². The molecular weight excluding hydrogens is 196 g/mol. The molecule has 2 amide bonds. The van der Waals surface area contributed by atoms with Gasteiger partial charge in [-0.25, -0.2) is 9.59 Å². The molecule has 1 saturated carbocycles. The molecule has 1 rings (SSSR count). The van der Waals surface area contributed by atoms with Crippen LogP contribution in [0.25, 0.3) is 0 Å². The first-order chi connectivity index (χ1) is 6.91. The summed E-state index contributed by atoms with van der Waals surface area (Å²) in [5, 5.41) is 14.0. The van der Waals surface area contributed by atoms with Gasteiger partial charge in [0.2, 0.25) is 0 Å². The smallest absolute Gasteiger partial charge is 0.326 e. The molecule has 1 aliphatic rings. The van der Waals surface area contributed by atoms with E-state index in [4.69, 9.17) is 5.11 Å². The number of carbonyl (C=O) groups excluding carboxylic acids is 1. The first kappa shape index (κ1) is 11.8. The fraction of sp³-hybridized carbons (Fsp3) is 0.800. The van der Waals surface area contributed by atoms with Crippen molar-refractivity contribution in [2.75, 3.05) is 0 Å². The number of aliphatic carboxylic acids is 1. The Morgan fingerprint density at radius 1 is 1.40 bits per heavy atom. The van der Waals surface area contributed by atoms with E-state index in [0.29, 0.717) is 5.92 Å². The lowest BCUT2D eigenvalue weighted by Crippen LogP contribution is -2.49. The van der Waals surface area contributed by atoms with Gasteiger partial charge in [-0.2, -0.15) is 0 Å². The van der Waals surface area contributed by atoms with Crippen molar-refractivity contribution in [1.82, 2.24) is 10.6 Å². The minimum absolute atomic E-state index is 0.120. The Morgan fingerprint density at radius 2 is 1.93 bits per heavy atom. The highest BCUT2D eigenvalue weighted by molar-refractivity contribution is 5.83. The number of carbonyl (C=O) groups is 2. The van der Waals surface area contributed by atoms with Gasteiger partial charge in [0.05, 0.1) is 0 Å². The van der Waals surface area contributed by atoms with Crippen LogP contribution in [0, 0.1) is 11.8 Å². The van der Waals surface area contributed by atoms with Gasteiger partial charge in [0, 0.05) is 6.04 Å². The van der Waals surface area contributed by atoms with Gasteiger partial charge in [-0.3, -0.25) is 0 Å². The van der Waals surface area contributed by atoms with E-state index in [1.54, 1.807) is 13.8 Å². The van der Waals surface area contributed by atoms with E-state index in [1.807, 2.05) is 6.92 Å². The lowest BCUT2D eigenvalue weighted by atomic mass is 10.1. The van der Waals surface area contributed by atoms with Gasteiger partial charge in [0.15, 0.2) is 0 Å². The van der Waals surface area contributed by atoms with Crippen molar-refractivity contribution >= 4 is 12.0 Å². The Hall–Kier alpha value is -1.26. The molecule has 0 radical (unpaired) electrons. The minimum atomic E-state index is -0.996. The summed E-state index contributed by atoms with van der Waals surface area (Å²) in [5.41, 5.74) is 0. The molecule has 0 aliphatic heterocycles. The van der Waals surface area contributed by atoms with Gasteiger partial charge < -0.3 is 15.7 Å². The van der Waals surface area contributed by atoms with E-state index in [1.165, 1.54) is 0 Å². The van der Waals surface area contributed by atoms with Crippen LogP contribution in [0.4, 0.5) is 4.79 Å². The Morgan fingerprint density at radius 3 is 2.27 bits per heavy atom. The van der Waals surface area contributed by atoms with Crippen LogP contribution >= 0.6 is 0 Å². The van der Waals surface area contributed by atoms with E-state index in [0.717, 1.165) is 6.42 Å². The summed E-state index contributed by atoms with van der Waals surface area (Å²) in [6.07, 6.45) is 0.979. The fourth-order valence-electron chi connectivity index (χ4n) is 1.39. The number of carboxylic acid groups (broad SMARTS) is 1. The van der Waals surface area contributed by atoms with Crippen LogP contribution in [0.3, 0.4) is 0 Å². The molecule has 0 aromatic carbocycles. The second-order valence-corrected chi connectivity index (χ2v) is 4.50. The predicted molar refractivity (Wildman–Crippen MR) is 55.5 cm³/mol. The lowest BCUT2D eigenvalue weighted by molar-refractivity contribution is -0.140. The zero-order valence-electron chi connectivity index (χ0n) is 9.28. The maximum absolute atomic E-state index is 11.4. The van der Waals surface area contributed by atoms with E-state index < -0.39 is 12.0 Å². The third-order valence-electron chi connectivity index (χ3n) is 2.65. The molecule has 2 unspecified atom stereocenters. The molecule has 0 bridgehead atoms. The van der Waals surface area contributed by atoms with E-state index in [2.05, 4.69) is 10.6 Å². The highest BCUT2D eigenvalue weighted by atomic mass is 16.4. The molecule has 3 N–H and O–H groups in total. The lowest BCUT2D eigenvalue weighted by Gasteiger charge is -2.18. The van der Waals surface area contributed by atoms with Crippen LogP contribution in [0.2, 0.25) is 0 Å². The predicted octanol–water partition coefficient (Wildman–Crippen LogP) is 0.803. The molecule has 15 heavy (non-hydrogen) atoms. The van der Waals surface area contributed by atoms with Crippen LogP contribution < -0.4 is 10.6 Å². The van der Waals surface area contributed by atoms with E-state index >= 15 is 0 Å². The summed E-state index contributed by atoms with van der Waals surface area (Å²) in [7, 11) is 0. The molecule has 0 spiro atoms. The number of urea groups is 1. The van der Waals surface area contributed by atoms with Crippen molar-refractivity contribution in [3.63, 3.8) is 0 Å². The quantitative estimate of drug-likeness (QED) is 0.647. The summed E-state index contributed by atoms with van der Waals surface area (Å²) >= 11 is 0. The highest BCUT2D eigenvalue weighted by Gasteiger charge is 2.34. The first-order valence-electron chi connectivity index (χ1n) is 5.21. The Bertz CT molecular complexity index is 265.